The van der Waals surface area contributed by atoms with Gasteiger partial charge in [0.2, 0.25) is 0 Å². The summed E-state index contributed by atoms with van der Waals surface area (Å²) >= 11 is 0. The first kappa shape index (κ1) is 15.3. The van der Waals surface area contributed by atoms with Crippen molar-refractivity contribution in [2.45, 2.75) is 19.0 Å². The van der Waals surface area contributed by atoms with Gasteiger partial charge in [0.15, 0.2) is 11.6 Å². The first-order valence-electron chi connectivity index (χ1n) is 8.45. The minimum Gasteiger partial charge on any atom is -0.349 e. The molecule has 2 aromatic heterocycles. The highest BCUT2D eigenvalue weighted by molar-refractivity contribution is 5.56. The number of aromatic nitrogens is 2. The zero-order chi connectivity index (χ0) is 17.8. The normalized spacial score (nSPS) is 19.3. The summed E-state index contributed by atoms with van der Waals surface area (Å²) in [5, 5.41) is 0. The lowest BCUT2D eigenvalue weighted by Crippen LogP contribution is -2.31. The van der Waals surface area contributed by atoms with Crippen LogP contribution in [0.25, 0.3) is 5.65 Å². The topological polar surface area (TPSA) is 23.8 Å². The van der Waals surface area contributed by atoms with E-state index in [0.717, 1.165) is 42.4 Å². The second-order valence-corrected chi connectivity index (χ2v) is 6.57. The van der Waals surface area contributed by atoms with Crippen LogP contribution in [0.5, 0.6) is 0 Å². The van der Waals surface area contributed by atoms with Gasteiger partial charge in [0, 0.05) is 54.7 Å². The zero-order valence-electron chi connectivity index (χ0n) is 13.7. The fraction of sp³-hybridized carbons (Fsp3) is 0.211. The summed E-state index contributed by atoms with van der Waals surface area (Å²) in [6, 6.07) is 5.35. The molecule has 3 aromatic rings. The fourth-order valence-electron chi connectivity index (χ4n) is 3.86. The van der Waals surface area contributed by atoms with E-state index in [1.54, 1.807) is 11.1 Å². The molecule has 1 saturated heterocycles. The Morgan fingerprint density at radius 2 is 1.88 bits per heavy atom. The van der Waals surface area contributed by atoms with Crippen molar-refractivity contribution in [3.8, 4) is 0 Å². The average Bonchev–Trinajstić information content (AvgIpc) is 3.32. The lowest BCUT2D eigenvalue weighted by molar-refractivity contribution is 0.317. The summed E-state index contributed by atoms with van der Waals surface area (Å²) in [6.07, 6.45) is 8.92. The van der Waals surface area contributed by atoms with Gasteiger partial charge in [-0.25, -0.2) is 18.2 Å². The van der Waals surface area contributed by atoms with Crippen molar-refractivity contribution in [2.24, 2.45) is 0 Å². The van der Waals surface area contributed by atoms with Gasteiger partial charge >= 0.3 is 0 Å². The van der Waals surface area contributed by atoms with Crippen LogP contribution >= 0.6 is 0 Å². The van der Waals surface area contributed by atoms with Gasteiger partial charge < -0.3 is 14.2 Å². The second-order valence-electron chi connectivity index (χ2n) is 6.57. The molecule has 4 heterocycles. The van der Waals surface area contributed by atoms with Crippen LogP contribution < -0.4 is 4.90 Å². The molecule has 2 aliphatic rings. The molecule has 132 valence electrons. The van der Waals surface area contributed by atoms with E-state index in [1.807, 2.05) is 35.1 Å². The number of allylic oxidation sites excluding steroid dienone is 1. The number of imidazole rings is 1. The highest BCUT2D eigenvalue weighted by Gasteiger charge is 2.38. The number of hydrogen-bond donors (Lipinski definition) is 0. The van der Waals surface area contributed by atoms with Crippen LogP contribution in [0.4, 0.5) is 18.9 Å². The molecule has 0 amide bonds. The van der Waals surface area contributed by atoms with Gasteiger partial charge in [-0.2, -0.15) is 0 Å². The minimum atomic E-state index is -1.19. The molecule has 1 atom stereocenters. The second kappa shape index (κ2) is 5.52. The maximum Gasteiger partial charge on any atom is 0.161 e. The quantitative estimate of drug-likeness (QED) is 0.643. The predicted molar refractivity (Wildman–Crippen MR) is 90.8 cm³/mol. The van der Waals surface area contributed by atoms with Crippen molar-refractivity contribution < 1.29 is 13.2 Å². The predicted octanol–water partition coefficient (Wildman–Crippen LogP) is 4.21. The number of anilines is 1. The molecule has 0 saturated carbocycles. The largest absolute Gasteiger partial charge is 0.349 e. The van der Waals surface area contributed by atoms with E-state index in [2.05, 4.69) is 9.88 Å². The van der Waals surface area contributed by atoms with Crippen molar-refractivity contribution in [1.82, 2.24) is 14.3 Å². The van der Waals surface area contributed by atoms with Gasteiger partial charge in [0.25, 0.3) is 0 Å². The van der Waals surface area contributed by atoms with Crippen LogP contribution in [-0.2, 0) is 0 Å². The monoisotopic (exact) mass is 356 g/mol. The van der Waals surface area contributed by atoms with Gasteiger partial charge in [0.05, 0.1) is 5.69 Å². The van der Waals surface area contributed by atoms with E-state index in [0.29, 0.717) is 6.07 Å². The Hall–Kier alpha value is -2.96. The van der Waals surface area contributed by atoms with Gasteiger partial charge in [0.1, 0.15) is 17.6 Å². The number of halogens is 3. The third kappa shape index (κ3) is 2.20. The Morgan fingerprint density at radius 1 is 1.04 bits per heavy atom. The molecule has 7 heteroatoms. The number of rotatable bonds is 2. The summed E-state index contributed by atoms with van der Waals surface area (Å²) < 4.78 is 43.5. The maximum atomic E-state index is 14.4. The molecule has 1 fully saturated rings. The number of pyridine rings is 1. The molecule has 0 radical (unpaired) electrons. The molecular weight excluding hydrogens is 341 g/mol. The van der Waals surface area contributed by atoms with Crippen molar-refractivity contribution in [3.63, 3.8) is 0 Å². The molecule has 5 rings (SSSR count). The molecule has 0 aliphatic carbocycles. The van der Waals surface area contributed by atoms with Crippen molar-refractivity contribution >= 4 is 11.3 Å². The molecule has 26 heavy (non-hydrogen) atoms. The molecule has 1 unspecified atom stereocenters. The van der Waals surface area contributed by atoms with Crippen molar-refractivity contribution in [2.75, 3.05) is 11.4 Å². The van der Waals surface area contributed by atoms with Gasteiger partial charge in [-0.3, -0.25) is 0 Å². The van der Waals surface area contributed by atoms with Crippen molar-refractivity contribution in [1.29, 1.82) is 0 Å². The van der Waals surface area contributed by atoms with Crippen LogP contribution in [0.15, 0.2) is 54.8 Å². The lowest BCUT2D eigenvalue weighted by Gasteiger charge is -2.32. The third-order valence-electron chi connectivity index (χ3n) is 5.03. The Balaban J connectivity index is 1.65. The molecule has 4 nitrogen and oxygen atoms in total. The van der Waals surface area contributed by atoms with Crippen LogP contribution in [0, 0.1) is 17.5 Å². The SMILES string of the molecule is Fc1cc(F)c(N2C=C3CCCN3C2c2ccc3nccn3c2)cc1F. The smallest absolute Gasteiger partial charge is 0.161 e. The van der Waals surface area contributed by atoms with E-state index in [1.165, 1.54) is 0 Å². The molecule has 1 aromatic carbocycles. The van der Waals surface area contributed by atoms with Gasteiger partial charge in [-0.15, -0.1) is 0 Å². The van der Waals surface area contributed by atoms with Crippen LogP contribution in [0.2, 0.25) is 0 Å². The lowest BCUT2D eigenvalue weighted by atomic mass is 10.1. The van der Waals surface area contributed by atoms with Crippen LogP contribution in [0.1, 0.15) is 24.6 Å². The van der Waals surface area contributed by atoms with Crippen LogP contribution in [0.3, 0.4) is 0 Å². The van der Waals surface area contributed by atoms with E-state index in [9.17, 15) is 13.2 Å². The first-order chi connectivity index (χ1) is 12.6. The van der Waals surface area contributed by atoms with E-state index in [4.69, 9.17) is 0 Å². The molecular formula is C19H15F3N4. The summed E-state index contributed by atoms with van der Waals surface area (Å²) in [5.41, 5.74) is 2.84. The van der Waals surface area contributed by atoms with Gasteiger partial charge in [-0.05, 0) is 25.0 Å². The number of fused-ring (bicyclic) bond motifs is 2. The number of nitrogens with zero attached hydrogens (tertiary/aromatic N) is 4. The highest BCUT2D eigenvalue weighted by Crippen LogP contribution is 2.43. The minimum absolute atomic E-state index is 0.0292. The van der Waals surface area contributed by atoms with E-state index < -0.39 is 17.5 Å². The number of benzene rings is 1. The molecule has 2 aliphatic heterocycles. The summed E-state index contributed by atoms with van der Waals surface area (Å²) in [5.74, 6) is -3.03. The first-order valence-corrected chi connectivity index (χ1v) is 8.45. The van der Waals surface area contributed by atoms with Gasteiger partial charge in [-0.1, -0.05) is 0 Å². The molecule has 0 bridgehead atoms. The standard InChI is InChI=1S/C19H15F3N4/c20-14-8-16(22)17(9-15(14)21)26-11-13-2-1-6-25(13)19(26)12-3-4-18-23-5-7-24(18)10-12/h3-5,7-11,19H,1-2,6H2. The summed E-state index contributed by atoms with van der Waals surface area (Å²) in [7, 11) is 0. The van der Waals surface area contributed by atoms with Crippen molar-refractivity contribution in [3.05, 3.63) is 77.8 Å². The third-order valence-corrected chi connectivity index (χ3v) is 5.03. The molecule has 0 spiro atoms. The molecule has 0 N–H and O–H groups in total. The summed E-state index contributed by atoms with van der Waals surface area (Å²) in [6.45, 7) is 0.834. The average molecular weight is 356 g/mol. The Morgan fingerprint density at radius 3 is 2.77 bits per heavy atom. The maximum absolute atomic E-state index is 14.4. The fourth-order valence-corrected chi connectivity index (χ4v) is 3.86. The Bertz CT molecular complexity index is 1040. The zero-order valence-corrected chi connectivity index (χ0v) is 13.7. The summed E-state index contributed by atoms with van der Waals surface area (Å²) in [4.78, 5) is 8.10. The number of hydrogen-bond acceptors (Lipinski definition) is 3. The highest BCUT2D eigenvalue weighted by atomic mass is 19.2. The van der Waals surface area contributed by atoms with E-state index >= 15 is 0 Å². The van der Waals surface area contributed by atoms with E-state index in [-0.39, 0.29) is 11.9 Å². The Labute approximate surface area is 147 Å². The van der Waals surface area contributed by atoms with Crippen LogP contribution in [-0.4, -0.2) is 20.8 Å². The Kier molecular flexibility index (Phi) is 3.25.